The maximum atomic E-state index is 14.0. The number of carbonyl (C=O) groups is 1. The van der Waals surface area contributed by atoms with Crippen molar-refractivity contribution in [1.82, 2.24) is 5.32 Å². The summed E-state index contributed by atoms with van der Waals surface area (Å²) in [7, 11) is 0. The number of carbonyl (C=O) groups excluding carboxylic acids is 1. The number of amides is 1. The van der Waals surface area contributed by atoms with E-state index in [-0.39, 0.29) is 24.3 Å². The second-order valence-corrected chi connectivity index (χ2v) is 4.62. The van der Waals surface area contributed by atoms with Crippen molar-refractivity contribution in [3.05, 3.63) is 29.6 Å². The third-order valence-corrected chi connectivity index (χ3v) is 3.10. The van der Waals surface area contributed by atoms with Crippen molar-refractivity contribution in [2.75, 3.05) is 24.5 Å². The van der Waals surface area contributed by atoms with E-state index in [1.165, 1.54) is 6.07 Å². The van der Waals surface area contributed by atoms with E-state index < -0.39 is 0 Å². The Kier molecular flexibility index (Phi) is 3.81. The fraction of sp³-hybridized carbons (Fsp3) is 0.462. The molecule has 1 aliphatic heterocycles. The van der Waals surface area contributed by atoms with E-state index in [4.69, 9.17) is 5.73 Å². The molecule has 98 valence electrons. The van der Waals surface area contributed by atoms with Gasteiger partial charge in [0.15, 0.2) is 0 Å². The van der Waals surface area contributed by atoms with Gasteiger partial charge in [-0.2, -0.15) is 0 Å². The van der Waals surface area contributed by atoms with Crippen LogP contribution in [0.4, 0.5) is 10.1 Å². The Hall–Kier alpha value is -1.62. The Morgan fingerprint density at radius 3 is 2.94 bits per heavy atom. The van der Waals surface area contributed by atoms with Crippen molar-refractivity contribution >= 4 is 11.6 Å². The van der Waals surface area contributed by atoms with Gasteiger partial charge in [0.1, 0.15) is 5.82 Å². The zero-order chi connectivity index (χ0) is 13.1. The topological polar surface area (TPSA) is 58.4 Å². The molecule has 1 aliphatic rings. The maximum absolute atomic E-state index is 14.0. The Morgan fingerprint density at radius 1 is 1.50 bits per heavy atom. The Labute approximate surface area is 106 Å². The number of nitrogens with one attached hydrogen (secondary N) is 1. The van der Waals surface area contributed by atoms with Gasteiger partial charge in [0, 0.05) is 19.1 Å². The number of nitrogens with two attached hydrogens (primary N) is 1. The van der Waals surface area contributed by atoms with Gasteiger partial charge < -0.3 is 16.0 Å². The van der Waals surface area contributed by atoms with Gasteiger partial charge in [0.05, 0.1) is 12.2 Å². The van der Waals surface area contributed by atoms with Gasteiger partial charge in [-0.3, -0.25) is 4.79 Å². The molecule has 2 rings (SSSR count). The van der Waals surface area contributed by atoms with Gasteiger partial charge in [0.2, 0.25) is 5.91 Å². The SMILES string of the molecule is CC(N)c1ccc(N2CCCNC(=O)C2)c(F)c1. The molecule has 4 nitrogen and oxygen atoms in total. The summed E-state index contributed by atoms with van der Waals surface area (Å²) in [5.74, 6) is -0.386. The second kappa shape index (κ2) is 5.35. The largest absolute Gasteiger partial charge is 0.360 e. The van der Waals surface area contributed by atoms with Crippen molar-refractivity contribution in [3.8, 4) is 0 Å². The van der Waals surface area contributed by atoms with Crippen LogP contribution in [0.5, 0.6) is 0 Å². The van der Waals surface area contributed by atoms with E-state index in [0.717, 1.165) is 12.0 Å². The highest BCUT2D eigenvalue weighted by atomic mass is 19.1. The van der Waals surface area contributed by atoms with Crippen LogP contribution in [0.25, 0.3) is 0 Å². The van der Waals surface area contributed by atoms with Gasteiger partial charge in [-0.15, -0.1) is 0 Å². The minimum atomic E-state index is -0.320. The highest BCUT2D eigenvalue weighted by molar-refractivity contribution is 5.81. The molecule has 0 bridgehead atoms. The monoisotopic (exact) mass is 251 g/mol. The van der Waals surface area contributed by atoms with Gasteiger partial charge >= 0.3 is 0 Å². The van der Waals surface area contributed by atoms with Crippen molar-refractivity contribution in [2.45, 2.75) is 19.4 Å². The fourth-order valence-corrected chi connectivity index (χ4v) is 2.07. The average molecular weight is 251 g/mol. The van der Waals surface area contributed by atoms with Crippen molar-refractivity contribution in [1.29, 1.82) is 0 Å². The fourth-order valence-electron chi connectivity index (χ4n) is 2.07. The quantitative estimate of drug-likeness (QED) is 0.829. The third-order valence-electron chi connectivity index (χ3n) is 3.10. The first-order valence-electron chi connectivity index (χ1n) is 6.14. The van der Waals surface area contributed by atoms with Crippen LogP contribution >= 0.6 is 0 Å². The number of hydrogen-bond donors (Lipinski definition) is 2. The summed E-state index contributed by atoms with van der Waals surface area (Å²) < 4.78 is 14.0. The molecule has 1 aromatic rings. The molecule has 1 aromatic carbocycles. The first kappa shape index (κ1) is 12.8. The lowest BCUT2D eigenvalue weighted by Gasteiger charge is -2.22. The molecule has 3 N–H and O–H groups in total. The molecule has 0 radical (unpaired) electrons. The van der Waals surface area contributed by atoms with E-state index in [2.05, 4.69) is 5.32 Å². The average Bonchev–Trinajstić information content (AvgIpc) is 2.53. The molecule has 1 heterocycles. The molecule has 0 spiro atoms. The predicted molar refractivity (Wildman–Crippen MR) is 68.8 cm³/mol. The van der Waals surface area contributed by atoms with Gasteiger partial charge in [-0.1, -0.05) is 6.07 Å². The molecule has 1 amide bonds. The van der Waals surface area contributed by atoms with Crippen LogP contribution in [-0.4, -0.2) is 25.5 Å². The normalized spacial score (nSPS) is 18.2. The molecular formula is C13H18FN3O. The molecule has 1 unspecified atom stereocenters. The Bertz CT molecular complexity index is 448. The van der Waals surface area contributed by atoms with Crippen LogP contribution in [0, 0.1) is 5.82 Å². The maximum Gasteiger partial charge on any atom is 0.239 e. The number of nitrogens with zero attached hydrogens (tertiary/aromatic N) is 1. The van der Waals surface area contributed by atoms with Crippen LogP contribution < -0.4 is 16.0 Å². The molecule has 5 heteroatoms. The summed E-state index contributed by atoms with van der Waals surface area (Å²) in [5.41, 5.74) is 6.94. The highest BCUT2D eigenvalue weighted by Gasteiger charge is 2.18. The number of rotatable bonds is 2. The number of benzene rings is 1. The van der Waals surface area contributed by atoms with E-state index in [0.29, 0.717) is 18.8 Å². The Balaban J connectivity index is 2.24. The zero-order valence-electron chi connectivity index (χ0n) is 10.4. The van der Waals surface area contributed by atoms with E-state index >= 15 is 0 Å². The highest BCUT2D eigenvalue weighted by Crippen LogP contribution is 2.23. The molecule has 0 aliphatic carbocycles. The second-order valence-electron chi connectivity index (χ2n) is 4.62. The lowest BCUT2D eigenvalue weighted by Crippen LogP contribution is -2.33. The molecule has 1 atom stereocenters. The number of halogens is 1. The summed E-state index contributed by atoms with van der Waals surface area (Å²) in [4.78, 5) is 13.2. The lowest BCUT2D eigenvalue weighted by molar-refractivity contribution is -0.119. The molecule has 18 heavy (non-hydrogen) atoms. The van der Waals surface area contributed by atoms with Crippen LogP contribution in [0.3, 0.4) is 0 Å². The molecule has 0 saturated carbocycles. The zero-order valence-corrected chi connectivity index (χ0v) is 10.4. The van der Waals surface area contributed by atoms with Gasteiger partial charge in [-0.05, 0) is 31.0 Å². The van der Waals surface area contributed by atoms with Crippen molar-refractivity contribution in [2.24, 2.45) is 5.73 Å². The first-order valence-corrected chi connectivity index (χ1v) is 6.14. The Morgan fingerprint density at radius 2 is 2.28 bits per heavy atom. The number of anilines is 1. The van der Waals surface area contributed by atoms with E-state index in [1.54, 1.807) is 11.0 Å². The van der Waals surface area contributed by atoms with Crippen LogP contribution in [0.2, 0.25) is 0 Å². The standard InChI is InChI=1S/C13H18FN3O/c1-9(15)10-3-4-12(11(14)7-10)17-6-2-5-16-13(18)8-17/h3-4,7,9H,2,5-6,8,15H2,1H3,(H,16,18). The van der Waals surface area contributed by atoms with Crippen molar-refractivity contribution < 1.29 is 9.18 Å². The van der Waals surface area contributed by atoms with Crippen molar-refractivity contribution in [3.63, 3.8) is 0 Å². The number of hydrogen-bond acceptors (Lipinski definition) is 3. The van der Waals surface area contributed by atoms with Gasteiger partial charge in [-0.25, -0.2) is 4.39 Å². The molecule has 1 saturated heterocycles. The summed E-state index contributed by atoms with van der Waals surface area (Å²) >= 11 is 0. The molecular weight excluding hydrogens is 233 g/mol. The van der Waals surface area contributed by atoms with Crippen LogP contribution in [0.1, 0.15) is 24.9 Å². The summed E-state index contributed by atoms with van der Waals surface area (Å²) in [6, 6.07) is 4.77. The molecule has 1 fully saturated rings. The predicted octanol–water partition coefficient (Wildman–Crippen LogP) is 1.17. The summed E-state index contributed by atoms with van der Waals surface area (Å²) in [6.07, 6.45) is 0.820. The summed E-state index contributed by atoms with van der Waals surface area (Å²) in [6.45, 7) is 3.34. The first-order chi connectivity index (χ1) is 8.58. The van der Waals surface area contributed by atoms with Crippen LogP contribution in [0.15, 0.2) is 18.2 Å². The molecule has 0 aromatic heterocycles. The van der Waals surface area contributed by atoms with Gasteiger partial charge in [0.25, 0.3) is 0 Å². The smallest absolute Gasteiger partial charge is 0.239 e. The van der Waals surface area contributed by atoms with E-state index in [1.807, 2.05) is 13.0 Å². The van der Waals surface area contributed by atoms with E-state index in [9.17, 15) is 9.18 Å². The third kappa shape index (κ3) is 2.79. The minimum Gasteiger partial charge on any atom is -0.360 e. The lowest BCUT2D eigenvalue weighted by atomic mass is 10.1. The summed E-state index contributed by atoms with van der Waals surface area (Å²) in [5, 5.41) is 2.77. The van der Waals surface area contributed by atoms with Crippen LogP contribution in [-0.2, 0) is 4.79 Å². The minimum absolute atomic E-state index is 0.0665.